The van der Waals surface area contributed by atoms with Gasteiger partial charge in [-0.05, 0) is 18.2 Å². The number of primary amides is 1. The molecule has 0 spiro atoms. The standard InChI is InChI=1S/C14H11N5OS2/c15-14(20)13-12(19-9-1-4-16-5-2-9)10(3-6-18-13)22-11-7-17-8-21-11/h1-8H,(H2,15,20)(H,16,19). The largest absolute Gasteiger partial charge is 0.364 e. The van der Waals surface area contributed by atoms with E-state index in [1.54, 1.807) is 42.4 Å². The van der Waals surface area contributed by atoms with Crippen LogP contribution >= 0.6 is 23.1 Å². The molecule has 6 nitrogen and oxygen atoms in total. The molecule has 22 heavy (non-hydrogen) atoms. The number of anilines is 2. The number of hydrogen-bond donors (Lipinski definition) is 2. The molecule has 0 saturated carbocycles. The fourth-order valence-corrected chi connectivity index (χ4v) is 3.43. The van der Waals surface area contributed by atoms with Crippen LogP contribution in [-0.4, -0.2) is 20.9 Å². The van der Waals surface area contributed by atoms with E-state index >= 15 is 0 Å². The average Bonchev–Trinajstić information content (AvgIpc) is 3.03. The minimum atomic E-state index is -0.580. The summed E-state index contributed by atoms with van der Waals surface area (Å²) < 4.78 is 1.01. The van der Waals surface area contributed by atoms with Gasteiger partial charge in [-0.15, -0.1) is 11.3 Å². The van der Waals surface area contributed by atoms with Gasteiger partial charge >= 0.3 is 0 Å². The average molecular weight is 329 g/mol. The van der Waals surface area contributed by atoms with Crippen LogP contribution in [-0.2, 0) is 0 Å². The van der Waals surface area contributed by atoms with Gasteiger partial charge in [-0.25, -0.2) is 4.98 Å². The van der Waals surface area contributed by atoms with E-state index in [0.29, 0.717) is 5.69 Å². The molecular weight excluding hydrogens is 318 g/mol. The van der Waals surface area contributed by atoms with E-state index in [1.165, 1.54) is 23.1 Å². The Bertz CT molecular complexity index is 777. The molecule has 3 aromatic rings. The highest BCUT2D eigenvalue weighted by molar-refractivity contribution is 8.01. The maximum absolute atomic E-state index is 11.7. The summed E-state index contributed by atoms with van der Waals surface area (Å²) in [6, 6.07) is 5.44. The Morgan fingerprint density at radius 1 is 1.18 bits per heavy atom. The lowest BCUT2D eigenvalue weighted by atomic mass is 10.2. The lowest BCUT2D eigenvalue weighted by Crippen LogP contribution is -2.15. The Morgan fingerprint density at radius 3 is 2.68 bits per heavy atom. The summed E-state index contributed by atoms with van der Waals surface area (Å²) in [5, 5.41) is 3.19. The molecule has 0 atom stereocenters. The van der Waals surface area contributed by atoms with E-state index in [9.17, 15) is 4.79 Å². The Hall–Kier alpha value is -2.45. The molecule has 110 valence electrons. The molecule has 3 aromatic heterocycles. The molecule has 0 bridgehead atoms. The summed E-state index contributed by atoms with van der Waals surface area (Å²) in [4.78, 5) is 24.6. The molecule has 0 aliphatic carbocycles. The van der Waals surface area contributed by atoms with Crippen molar-refractivity contribution in [1.82, 2.24) is 15.0 Å². The van der Waals surface area contributed by atoms with Crippen molar-refractivity contribution in [1.29, 1.82) is 0 Å². The van der Waals surface area contributed by atoms with Gasteiger partial charge in [-0.3, -0.25) is 14.8 Å². The molecule has 1 amide bonds. The van der Waals surface area contributed by atoms with Crippen LogP contribution < -0.4 is 11.1 Å². The van der Waals surface area contributed by atoms with Crippen LogP contribution in [0, 0.1) is 0 Å². The minimum absolute atomic E-state index is 0.200. The van der Waals surface area contributed by atoms with E-state index in [2.05, 4.69) is 20.3 Å². The molecule has 0 saturated heterocycles. The Kier molecular flexibility index (Phi) is 4.31. The van der Waals surface area contributed by atoms with Gasteiger partial charge in [0.2, 0.25) is 0 Å². The fraction of sp³-hybridized carbons (Fsp3) is 0. The SMILES string of the molecule is NC(=O)c1nccc(Sc2cncs2)c1Nc1ccncc1. The monoisotopic (exact) mass is 329 g/mol. The molecule has 0 unspecified atom stereocenters. The molecule has 8 heteroatoms. The van der Waals surface area contributed by atoms with E-state index in [1.807, 2.05) is 6.07 Å². The first-order valence-corrected chi connectivity index (χ1v) is 7.96. The second-order valence-electron chi connectivity index (χ2n) is 4.18. The Balaban J connectivity index is 2.01. The molecule has 3 rings (SSSR count). The zero-order chi connectivity index (χ0) is 15.4. The summed E-state index contributed by atoms with van der Waals surface area (Å²) in [7, 11) is 0. The van der Waals surface area contributed by atoms with E-state index < -0.39 is 5.91 Å². The number of hydrogen-bond acceptors (Lipinski definition) is 7. The van der Waals surface area contributed by atoms with Gasteiger partial charge in [0.25, 0.3) is 5.91 Å². The van der Waals surface area contributed by atoms with Crippen molar-refractivity contribution < 1.29 is 4.79 Å². The highest BCUT2D eigenvalue weighted by Gasteiger charge is 2.16. The first kappa shape index (κ1) is 14.5. The van der Waals surface area contributed by atoms with Gasteiger partial charge < -0.3 is 11.1 Å². The number of carbonyl (C=O) groups excluding carboxylic acids is 1. The minimum Gasteiger partial charge on any atom is -0.364 e. The van der Waals surface area contributed by atoms with Crippen LogP contribution in [0.15, 0.2) is 57.6 Å². The van der Waals surface area contributed by atoms with Gasteiger partial charge in [-0.1, -0.05) is 11.8 Å². The van der Waals surface area contributed by atoms with E-state index in [4.69, 9.17) is 5.73 Å². The molecule has 0 aliphatic rings. The van der Waals surface area contributed by atoms with Crippen molar-refractivity contribution in [3.05, 3.63) is 54.2 Å². The van der Waals surface area contributed by atoms with Crippen molar-refractivity contribution >= 4 is 40.4 Å². The third-order valence-electron chi connectivity index (χ3n) is 2.72. The smallest absolute Gasteiger partial charge is 0.269 e. The fourth-order valence-electron chi connectivity index (χ4n) is 1.78. The second kappa shape index (κ2) is 6.54. The zero-order valence-electron chi connectivity index (χ0n) is 11.3. The highest BCUT2D eigenvalue weighted by Crippen LogP contribution is 2.37. The summed E-state index contributed by atoms with van der Waals surface area (Å²) in [6.07, 6.45) is 6.68. The zero-order valence-corrected chi connectivity index (χ0v) is 12.9. The van der Waals surface area contributed by atoms with Crippen LogP contribution in [0.1, 0.15) is 10.5 Å². The third kappa shape index (κ3) is 3.23. The van der Waals surface area contributed by atoms with Gasteiger partial charge in [0.05, 0.1) is 21.6 Å². The number of amides is 1. The quantitative estimate of drug-likeness (QED) is 0.747. The van der Waals surface area contributed by atoms with Crippen molar-refractivity contribution in [2.24, 2.45) is 5.73 Å². The van der Waals surface area contributed by atoms with Crippen LogP contribution in [0.3, 0.4) is 0 Å². The van der Waals surface area contributed by atoms with Crippen molar-refractivity contribution in [3.63, 3.8) is 0 Å². The number of rotatable bonds is 5. The predicted molar refractivity (Wildman–Crippen MR) is 86.5 cm³/mol. The molecule has 0 fully saturated rings. The van der Waals surface area contributed by atoms with Gasteiger partial charge in [0, 0.05) is 29.2 Å². The van der Waals surface area contributed by atoms with Crippen LogP contribution in [0.2, 0.25) is 0 Å². The van der Waals surface area contributed by atoms with E-state index in [0.717, 1.165) is 14.8 Å². The van der Waals surface area contributed by atoms with Crippen LogP contribution in [0.25, 0.3) is 0 Å². The molecule has 0 radical (unpaired) electrons. The first-order valence-electron chi connectivity index (χ1n) is 6.26. The van der Waals surface area contributed by atoms with Gasteiger partial charge in [0.15, 0.2) is 5.69 Å². The topological polar surface area (TPSA) is 93.8 Å². The maximum Gasteiger partial charge on any atom is 0.269 e. The Morgan fingerprint density at radius 2 is 2.00 bits per heavy atom. The molecular formula is C14H11N5OS2. The van der Waals surface area contributed by atoms with Gasteiger partial charge in [-0.2, -0.15) is 0 Å². The number of nitrogens with one attached hydrogen (secondary N) is 1. The van der Waals surface area contributed by atoms with Crippen molar-refractivity contribution in [2.75, 3.05) is 5.32 Å². The number of carbonyl (C=O) groups is 1. The Labute approximate surface area is 134 Å². The summed E-state index contributed by atoms with van der Waals surface area (Å²) in [5.41, 5.74) is 8.78. The summed E-state index contributed by atoms with van der Waals surface area (Å²) in [6.45, 7) is 0. The number of nitrogens with zero attached hydrogens (tertiary/aromatic N) is 3. The molecule has 0 aliphatic heterocycles. The van der Waals surface area contributed by atoms with E-state index in [-0.39, 0.29) is 5.69 Å². The van der Waals surface area contributed by atoms with Crippen LogP contribution in [0.4, 0.5) is 11.4 Å². The number of nitrogens with two attached hydrogens (primary N) is 1. The van der Waals surface area contributed by atoms with Crippen LogP contribution in [0.5, 0.6) is 0 Å². The van der Waals surface area contributed by atoms with Crippen molar-refractivity contribution in [3.8, 4) is 0 Å². The lowest BCUT2D eigenvalue weighted by molar-refractivity contribution is 0.0996. The maximum atomic E-state index is 11.7. The second-order valence-corrected chi connectivity index (χ2v) is 6.41. The molecule has 3 heterocycles. The summed E-state index contributed by atoms with van der Waals surface area (Å²) in [5.74, 6) is -0.580. The number of aromatic nitrogens is 3. The highest BCUT2D eigenvalue weighted by atomic mass is 32.2. The van der Waals surface area contributed by atoms with Gasteiger partial charge in [0.1, 0.15) is 0 Å². The molecule has 3 N–H and O–H groups in total. The number of pyridine rings is 2. The molecule has 0 aromatic carbocycles. The predicted octanol–water partition coefficient (Wildman–Crippen LogP) is 2.93. The lowest BCUT2D eigenvalue weighted by Gasteiger charge is -2.13. The third-order valence-corrected chi connectivity index (χ3v) is 4.69. The van der Waals surface area contributed by atoms with Crippen molar-refractivity contribution in [2.45, 2.75) is 9.10 Å². The summed E-state index contributed by atoms with van der Waals surface area (Å²) >= 11 is 3.03. The normalized spacial score (nSPS) is 10.4. The first-order chi connectivity index (χ1) is 10.7. The number of thiazole rings is 1.